The summed E-state index contributed by atoms with van der Waals surface area (Å²) < 4.78 is 33.1. The zero-order valence-electron chi connectivity index (χ0n) is 15.5. The maximum absolute atomic E-state index is 11.2. The van der Waals surface area contributed by atoms with Gasteiger partial charge in [-0.25, -0.2) is 4.79 Å². The Labute approximate surface area is 178 Å². The molecule has 2 aromatic rings. The molecule has 1 amide bonds. The van der Waals surface area contributed by atoms with Crippen LogP contribution in [0.2, 0.25) is 5.02 Å². The van der Waals surface area contributed by atoms with E-state index in [0.717, 1.165) is 12.1 Å². The molecule has 11 nitrogen and oxygen atoms in total. The zero-order chi connectivity index (χ0) is 22.9. The summed E-state index contributed by atoms with van der Waals surface area (Å²) in [5.74, 6) is -1.56. The topological polar surface area (TPSA) is 176 Å². The molecule has 0 bridgehead atoms. The predicted octanol–water partition coefficient (Wildman–Crippen LogP) is 0.685. The van der Waals surface area contributed by atoms with Crippen molar-refractivity contribution in [2.75, 3.05) is 18.5 Å². The molecule has 0 unspecified atom stereocenters. The van der Waals surface area contributed by atoms with Gasteiger partial charge in [0.25, 0.3) is 0 Å². The number of anilines is 1. The molecule has 0 saturated heterocycles. The SMILES string of the molecule is CC(=O)Nc1cc([As](=O)(O)O)c(O)cc1Cl.O=C(OCC[N+](=O)[O-])c1ccccc1. The van der Waals surface area contributed by atoms with E-state index in [1.54, 1.807) is 30.3 Å². The van der Waals surface area contributed by atoms with Crippen LogP contribution in [0.5, 0.6) is 5.75 Å². The Hall–Kier alpha value is -2.85. The molecule has 0 aliphatic carbocycles. The third-order valence-corrected chi connectivity index (χ3v) is 5.59. The molecule has 4 N–H and O–H groups in total. The fourth-order valence-electron chi connectivity index (χ4n) is 1.94. The summed E-state index contributed by atoms with van der Waals surface area (Å²) in [4.78, 5) is 31.4. The number of esters is 1. The molecular weight excluding hydrogens is 487 g/mol. The molecule has 0 atom stereocenters. The molecule has 0 aromatic heterocycles. The molecule has 2 rings (SSSR count). The number of ether oxygens (including phenoxy) is 1. The van der Waals surface area contributed by atoms with Gasteiger partial charge < -0.3 is 4.74 Å². The van der Waals surface area contributed by atoms with Crippen LogP contribution in [0.1, 0.15) is 17.3 Å². The van der Waals surface area contributed by atoms with Gasteiger partial charge in [0.1, 0.15) is 0 Å². The fraction of sp³-hybridized carbons (Fsp3) is 0.176. The number of nitrogens with one attached hydrogen (secondary N) is 1. The molecule has 13 heteroatoms. The number of aromatic hydroxyl groups is 1. The van der Waals surface area contributed by atoms with Crippen LogP contribution in [0.3, 0.4) is 0 Å². The average Bonchev–Trinajstić information content (AvgIpc) is 2.63. The molecule has 0 fully saturated rings. The number of carbonyl (C=O) groups is 2. The van der Waals surface area contributed by atoms with Gasteiger partial charge in [0, 0.05) is 4.92 Å². The van der Waals surface area contributed by atoms with Gasteiger partial charge in [-0.05, 0) is 12.1 Å². The van der Waals surface area contributed by atoms with Crippen molar-refractivity contribution >= 4 is 47.7 Å². The zero-order valence-corrected chi connectivity index (χ0v) is 18.2. The molecule has 0 radical (unpaired) electrons. The number of amides is 1. The summed E-state index contributed by atoms with van der Waals surface area (Å²) in [6, 6.07) is 10.3. The second-order valence-corrected chi connectivity index (χ2v) is 9.31. The Balaban J connectivity index is 0.000000303. The van der Waals surface area contributed by atoms with Gasteiger partial charge in [-0.2, -0.15) is 0 Å². The molecule has 0 heterocycles. The van der Waals surface area contributed by atoms with E-state index in [1.807, 2.05) is 0 Å². The van der Waals surface area contributed by atoms with Crippen molar-refractivity contribution in [3.8, 4) is 5.75 Å². The number of phenols is 1. The van der Waals surface area contributed by atoms with Crippen molar-refractivity contribution in [2.24, 2.45) is 0 Å². The Bertz CT molecular complexity index is 963. The van der Waals surface area contributed by atoms with Gasteiger partial charge in [-0.3, -0.25) is 10.1 Å². The number of nitrogens with zero attached hydrogens (tertiary/aromatic N) is 1. The Morgan fingerprint density at radius 1 is 1.23 bits per heavy atom. The van der Waals surface area contributed by atoms with Crippen LogP contribution in [-0.2, 0) is 13.3 Å². The summed E-state index contributed by atoms with van der Waals surface area (Å²) in [7, 11) is 0. The number of nitro groups is 1. The third-order valence-electron chi connectivity index (χ3n) is 3.21. The van der Waals surface area contributed by atoms with Crippen molar-refractivity contribution in [3.63, 3.8) is 0 Å². The molecular formula is C17H18AsClN2O9. The summed E-state index contributed by atoms with van der Waals surface area (Å²) in [5.41, 5.74) is 0.447. The van der Waals surface area contributed by atoms with E-state index < -0.39 is 41.1 Å². The van der Waals surface area contributed by atoms with Crippen LogP contribution < -0.4 is 9.67 Å². The molecule has 0 spiro atoms. The van der Waals surface area contributed by atoms with Crippen LogP contribution in [0, 0.1) is 10.1 Å². The van der Waals surface area contributed by atoms with E-state index in [-0.39, 0.29) is 23.9 Å². The van der Waals surface area contributed by atoms with E-state index in [4.69, 9.17) is 19.8 Å². The van der Waals surface area contributed by atoms with Gasteiger partial charge in [-0.15, -0.1) is 0 Å². The second kappa shape index (κ2) is 11.4. The Kier molecular flexibility index (Phi) is 9.54. The van der Waals surface area contributed by atoms with Gasteiger partial charge in [0.2, 0.25) is 6.54 Å². The molecule has 2 aromatic carbocycles. The van der Waals surface area contributed by atoms with Crippen LogP contribution >= 0.6 is 11.6 Å². The van der Waals surface area contributed by atoms with Crippen LogP contribution in [0.15, 0.2) is 42.5 Å². The number of phenolic OH excluding ortho intramolecular Hbond substituents is 1. The summed E-state index contributed by atoms with van der Waals surface area (Å²) >= 11 is 0.440. The van der Waals surface area contributed by atoms with E-state index in [0.29, 0.717) is 5.56 Å². The molecule has 0 aliphatic heterocycles. The fourth-order valence-corrected chi connectivity index (χ4v) is 3.53. The van der Waals surface area contributed by atoms with E-state index in [1.165, 1.54) is 6.92 Å². The number of halogens is 1. The average molecular weight is 505 g/mol. The van der Waals surface area contributed by atoms with E-state index >= 15 is 0 Å². The van der Waals surface area contributed by atoms with Gasteiger partial charge >= 0.3 is 105 Å². The summed E-state index contributed by atoms with van der Waals surface area (Å²) in [5, 5.41) is 21.5. The summed E-state index contributed by atoms with van der Waals surface area (Å²) in [6.45, 7) is 0.671. The Morgan fingerprint density at radius 3 is 2.33 bits per heavy atom. The number of benzene rings is 2. The standard InChI is InChI=1S/C9H9NO4.C8H9AsClNO5/c11-9(14-7-6-10(12)13)8-4-2-1-3-5-8;1-4(12)11-7-2-5(9(14,15)16)8(13)3-6(7)10/h1-5H,6-7H2;2-3,13H,1H3,(H,11,12)(H2,14,15,16). The first-order valence-electron chi connectivity index (χ1n) is 8.12. The first-order valence-corrected chi connectivity index (χ1v) is 11.9. The maximum Gasteiger partial charge on any atom is 0.338 e. The Morgan fingerprint density at radius 2 is 1.83 bits per heavy atom. The van der Waals surface area contributed by atoms with Crippen molar-refractivity contribution < 1.29 is 36.3 Å². The first-order chi connectivity index (χ1) is 13.9. The van der Waals surface area contributed by atoms with Crippen LogP contribution in [-0.4, -0.2) is 57.4 Å². The van der Waals surface area contributed by atoms with Crippen LogP contribution in [0.4, 0.5) is 5.69 Å². The van der Waals surface area contributed by atoms with Gasteiger partial charge in [0.15, 0.2) is 6.61 Å². The first kappa shape index (κ1) is 25.2. The normalized spacial score (nSPS) is 10.4. The van der Waals surface area contributed by atoms with Crippen molar-refractivity contribution in [2.45, 2.75) is 6.92 Å². The molecule has 0 saturated carbocycles. The van der Waals surface area contributed by atoms with Crippen LogP contribution in [0.25, 0.3) is 0 Å². The smallest absolute Gasteiger partial charge is 0.338 e. The van der Waals surface area contributed by atoms with Crippen molar-refractivity contribution in [3.05, 3.63) is 63.2 Å². The molecule has 0 aliphatic rings. The quantitative estimate of drug-likeness (QED) is 0.145. The minimum Gasteiger partial charge on any atom is -0.455 e. The van der Waals surface area contributed by atoms with Crippen molar-refractivity contribution in [1.82, 2.24) is 0 Å². The minimum atomic E-state index is -5.23. The number of hydrogen-bond acceptors (Lipinski definition) is 7. The number of hydrogen-bond donors (Lipinski definition) is 4. The van der Waals surface area contributed by atoms with Gasteiger partial charge in [0.05, 0.1) is 5.56 Å². The van der Waals surface area contributed by atoms with E-state index in [2.05, 4.69) is 10.1 Å². The second-order valence-electron chi connectivity index (χ2n) is 5.60. The number of rotatable bonds is 6. The molecule has 162 valence electrons. The third kappa shape index (κ3) is 8.66. The van der Waals surface area contributed by atoms with Crippen molar-refractivity contribution in [1.29, 1.82) is 0 Å². The maximum atomic E-state index is 11.2. The van der Waals surface area contributed by atoms with Gasteiger partial charge in [-0.1, -0.05) is 18.2 Å². The summed E-state index contributed by atoms with van der Waals surface area (Å²) in [6.07, 6.45) is 0. The number of carbonyl (C=O) groups excluding carboxylic acids is 2. The predicted molar refractivity (Wildman–Crippen MR) is 107 cm³/mol. The minimum absolute atomic E-state index is 0.000370. The largest absolute Gasteiger partial charge is 0.455 e. The molecule has 30 heavy (non-hydrogen) atoms. The monoisotopic (exact) mass is 504 g/mol. The van der Waals surface area contributed by atoms with E-state index in [9.17, 15) is 28.5 Å².